The predicted molar refractivity (Wildman–Crippen MR) is 117 cm³/mol. The molecule has 1 aliphatic heterocycles. The Hall–Kier alpha value is -2.83. The highest BCUT2D eigenvalue weighted by molar-refractivity contribution is 7.92. The quantitative estimate of drug-likeness (QED) is 0.242. The number of hydrogen-bond acceptors (Lipinski definition) is 7. The highest BCUT2D eigenvalue weighted by Gasteiger charge is 2.44. The number of aliphatic hydroxyl groups excluding tert-OH is 1. The molecule has 2 aliphatic rings. The molecule has 1 aromatic heterocycles. The number of aromatic nitrogens is 1. The Morgan fingerprint density at radius 1 is 1.36 bits per heavy atom. The van der Waals surface area contributed by atoms with Crippen molar-refractivity contribution in [1.29, 1.82) is 0 Å². The summed E-state index contributed by atoms with van der Waals surface area (Å²) in [5.41, 5.74) is 1.81. The fraction of sp³-hybridized carbons (Fsp3) is 0.545. The molecule has 11 heteroatoms. The minimum Gasteiger partial charge on any atom is -0.396 e. The second-order valence-corrected chi connectivity index (χ2v) is 11.3. The maximum Gasteiger partial charge on any atom is 0.328 e. The van der Waals surface area contributed by atoms with Crippen molar-refractivity contribution < 1.29 is 33.4 Å². The summed E-state index contributed by atoms with van der Waals surface area (Å²) in [6.07, 6.45) is 3.65. The molecule has 0 bridgehead atoms. The number of fused-ring (bicyclic) bond motifs is 1. The summed E-state index contributed by atoms with van der Waals surface area (Å²) in [5, 5.41) is 28.1. The maximum absolute atomic E-state index is 12.7. The van der Waals surface area contributed by atoms with Gasteiger partial charge in [0.25, 0.3) is 5.91 Å². The Balaban J connectivity index is 1.58. The minimum absolute atomic E-state index is 0.00401. The molecule has 0 saturated heterocycles. The molecule has 0 aromatic carbocycles. The third kappa shape index (κ3) is 5.07. The van der Waals surface area contributed by atoms with Crippen LogP contribution in [0.4, 0.5) is 4.79 Å². The second kappa shape index (κ2) is 9.20. The van der Waals surface area contributed by atoms with E-state index in [4.69, 9.17) is 10.3 Å². The highest BCUT2D eigenvalue weighted by Crippen LogP contribution is 2.39. The van der Waals surface area contributed by atoms with Crippen molar-refractivity contribution in [2.24, 2.45) is 5.92 Å². The fourth-order valence-electron chi connectivity index (χ4n) is 4.05. The average Bonchev–Trinajstić information content (AvgIpc) is 3.26. The van der Waals surface area contributed by atoms with Gasteiger partial charge in [-0.2, -0.15) is 0 Å². The summed E-state index contributed by atoms with van der Waals surface area (Å²) in [6, 6.07) is 1.36. The summed E-state index contributed by atoms with van der Waals surface area (Å²) in [4.78, 5) is 26.0. The van der Waals surface area contributed by atoms with Gasteiger partial charge in [0, 0.05) is 43.3 Å². The summed E-state index contributed by atoms with van der Waals surface area (Å²) in [5.74, 6) is 10.2. The third-order valence-electron chi connectivity index (χ3n) is 6.36. The molecule has 1 aromatic rings. The van der Waals surface area contributed by atoms with Crippen molar-refractivity contribution in [3.63, 3.8) is 0 Å². The van der Waals surface area contributed by atoms with Crippen LogP contribution in [-0.4, -0.2) is 75.0 Å². The molecule has 1 saturated carbocycles. The maximum atomic E-state index is 12.7. The number of hydroxylamine groups is 1. The normalized spacial score (nSPS) is 23.4. The van der Waals surface area contributed by atoms with Crippen molar-refractivity contribution >= 4 is 21.8 Å². The lowest BCUT2D eigenvalue weighted by Crippen LogP contribution is -2.50. The summed E-state index contributed by atoms with van der Waals surface area (Å²) < 4.78 is 23.7. The predicted octanol–water partition coefficient (Wildman–Crippen LogP) is -0.151. The van der Waals surface area contributed by atoms with Gasteiger partial charge >= 0.3 is 6.03 Å². The summed E-state index contributed by atoms with van der Waals surface area (Å²) in [7, 11) is -3.85. The molecule has 4 N–H and O–H groups in total. The van der Waals surface area contributed by atoms with Crippen LogP contribution in [0.5, 0.6) is 0 Å². The lowest BCUT2D eigenvalue weighted by molar-refractivity contribution is -0.131. The molecule has 10 nitrogen and oxygen atoms in total. The first-order valence-corrected chi connectivity index (χ1v) is 12.3. The van der Waals surface area contributed by atoms with Gasteiger partial charge in [-0.1, -0.05) is 11.8 Å². The molecule has 0 radical (unpaired) electrons. The second-order valence-electron chi connectivity index (χ2n) is 8.90. The van der Waals surface area contributed by atoms with Crippen LogP contribution in [0.25, 0.3) is 0 Å². The van der Waals surface area contributed by atoms with E-state index in [2.05, 4.69) is 23.7 Å². The molecule has 0 spiro atoms. The van der Waals surface area contributed by atoms with E-state index >= 15 is 0 Å². The van der Waals surface area contributed by atoms with Gasteiger partial charge in [-0.05, 0) is 50.0 Å². The number of carbonyl (C=O) groups is 2. The van der Waals surface area contributed by atoms with Crippen molar-refractivity contribution in [2.45, 2.75) is 49.5 Å². The van der Waals surface area contributed by atoms with Gasteiger partial charge in [0.05, 0.1) is 12.1 Å². The zero-order chi connectivity index (χ0) is 24.4. The Morgan fingerprint density at radius 3 is 2.64 bits per heavy atom. The number of hydrogen-bond donors (Lipinski definition) is 4. The van der Waals surface area contributed by atoms with Crippen LogP contribution in [0.1, 0.15) is 43.9 Å². The highest BCUT2D eigenvalue weighted by atomic mass is 32.2. The van der Waals surface area contributed by atoms with Gasteiger partial charge in [0.15, 0.2) is 14.6 Å². The number of sulfone groups is 1. The van der Waals surface area contributed by atoms with Crippen LogP contribution in [0, 0.1) is 29.6 Å². The van der Waals surface area contributed by atoms with E-state index < -0.39 is 26.1 Å². The third-order valence-corrected chi connectivity index (χ3v) is 8.39. The number of aliphatic hydroxyl groups is 2. The van der Waals surface area contributed by atoms with E-state index in [0.717, 1.165) is 6.26 Å². The van der Waals surface area contributed by atoms with Crippen LogP contribution in [-0.2, 0) is 21.2 Å². The van der Waals surface area contributed by atoms with Gasteiger partial charge in [0.2, 0.25) is 0 Å². The number of rotatable bonds is 7. The Bertz CT molecular complexity index is 1180. The van der Waals surface area contributed by atoms with Crippen LogP contribution in [0.3, 0.4) is 0 Å². The first kappa shape index (κ1) is 24.8. The van der Waals surface area contributed by atoms with Crippen molar-refractivity contribution in [1.82, 2.24) is 14.9 Å². The molecule has 1 fully saturated rings. The van der Waals surface area contributed by atoms with E-state index in [-0.39, 0.29) is 38.1 Å². The molecular weight excluding hydrogens is 450 g/mol. The number of carbonyl (C=O) groups excluding carboxylic acids is 2. The van der Waals surface area contributed by atoms with Crippen molar-refractivity contribution in [2.75, 3.05) is 19.4 Å². The molecule has 3 rings (SSSR count). The molecule has 1 atom stereocenters. The summed E-state index contributed by atoms with van der Waals surface area (Å²) in [6.45, 7) is 1.51. The molecule has 178 valence electrons. The zero-order valence-electron chi connectivity index (χ0n) is 18.5. The lowest BCUT2D eigenvalue weighted by Gasteiger charge is -2.41. The average molecular weight is 478 g/mol. The van der Waals surface area contributed by atoms with Crippen molar-refractivity contribution in [3.8, 4) is 23.7 Å². The lowest BCUT2D eigenvalue weighted by atomic mass is 9.70. The van der Waals surface area contributed by atoms with E-state index in [1.165, 1.54) is 21.9 Å². The molecular formula is C22H27N3O7S. The van der Waals surface area contributed by atoms with Crippen LogP contribution < -0.4 is 5.48 Å². The Kier molecular flexibility index (Phi) is 6.91. The molecule has 0 unspecified atom stereocenters. The standard InChI is InChI=1S/C22H27N3O7S/c1-21(19(27)23-30,33(2,31)32)8-9-24-14-18-10-16(13-25(18)20(24)28)6-4-3-5-7-22(29)11-17(12-22)15-26/h10,13,17,26,29-30H,7-9,11-12,14-15H2,1-2H3,(H,23,27)/t17-,21-,22+/m1/s1. The van der Waals surface area contributed by atoms with Gasteiger partial charge in [-0.3, -0.25) is 14.6 Å². The van der Waals surface area contributed by atoms with E-state index in [1.54, 1.807) is 12.3 Å². The number of nitrogens with one attached hydrogen (secondary N) is 1. The largest absolute Gasteiger partial charge is 0.396 e. The van der Waals surface area contributed by atoms with Gasteiger partial charge in [0.1, 0.15) is 0 Å². The number of nitrogens with zero attached hydrogens (tertiary/aromatic N) is 2. The number of amides is 2. The SMILES string of the molecule is C[C@@](CCN1Cc2cc(C#CC#CC[C@]3(O)C[C@@H](CO)C3)cn2C1=O)(C(=O)NO)S(C)(=O)=O. The van der Waals surface area contributed by atoms with E-state index in [1.807, 2.05) is 0 Å². The van der Waals surface area contributed by atoms with Gasteiger partial charge in [-0.15, -0.1) is 0 Å². The van der Waals surface area contributed by atoms with Crippen LogP contribution in [0.2, 0.25) is 0 Å². The molecule has 2 heterocycles. The Labute approximate surface area is 192 Å². The van der Waals surface area contributed by atoms with Crippen molar-refractivity contribution in [3.05, 3.63) is 23.5 Å². The first-order chi connectivity index (χ1) is 15.4. The molecule has 33 heavy (non-hydrogen) atoms. The van der Waals surface area contributed by atoms with Crippen LogP contribution >= 0.6 is 0 Å². The van der Waals surface area contributed by atoms with Gasteiger partial charge < -0.3 is 15.1 Å². The van der Waals surface area contributed by atoms with Crippen LogP contribution in [0.15, 0.2) is 12.3 Å². The fourth-order valence-corrected chi connectivity index (χ4v) is 4.89. The molecule has 1 aliphatic carbocycles. The topological polar surface area (TPSA) is 149 Å². The smallest absolute Gasteiger partial charge is 0.328 e. The monoisotopic (exact) mass is 477 g/mol. The zero-order valence-corrected chi connectivity index (χ0v) is 19.3. The van der Waals surface area contributed by atoms with E-state index in [0.29, 0.717) is 30.5 Å². The van der Waals surface area contributed by atoms with E-state index in [9.17, 15) is 23.1 Å². The van der Waals surface area contributed by atoms with Gasteiger partial charge in [-0.25, -0.2) is 18.7 Å². The summed E-state index contributed by atoms with van der Waals surface area (Å²) >= 11 is 0. The Morgan fingerprint density at radius 2 is 2.06 bits per heavy atom. The molecule has 2 amide bonds. The first-order valence-electron chi connectivity index (χ1n) is 10.4. The minimum atomic E-state index is -3.85.